The van der Waals surface area contributed by atoms with Gasteiger partial charge in [0.15, 0.2) is 5.78 Å². The molecule has 0 bridgehead atoms. The SMILES string of the molecule is CC(C(CC(=O)c1ccccc1)C(F)(F)F)[N+](=O)[O-]. The lowest BCUT2D eigenvalue weighted by Gasteiger charge is -2.20. The summed E-state index contributed by atoms with van der Waals surface area (Å²) in [4.78, 5) is 21.2. The van der Waals surface area contributed by atoms with Crippen LogP contribution in [0.1, 0.15) is 23.7 Å². The molecular formula is C12H12F3NO3. The van der Waals surface area contributed by atoms with Crippen molar-refractivity contribution in [3.63, 3.8) is 0 Å². The van der Waals surface area contributed by atoms with Crippen LogP contribution in [0.15, 0.2) is 30.3 Å². The standard InChI is InChI=1S/C12H12F3NO3/c1-8(16(18)19)10(12(13,14)15)7-11(17)9-5-3-2-4-6-9/h2-6,8,10H,7H2,1H3. The molecule has 0 aliphatic carbocycles. The Labute approximate surface area is 107 Å². The van der Waals surface area contributed by atoms with Crippen molar-refractivity contribution < 1.29 is 22.9 Å². The Morgan fingerprint density at radius 1 is 1.32 bits per heavy atom. The van der Waals surface area contributed by atoms with Crippen molar-refractivity contribution in [1.29, 1.82) is 0 Å². The number of rotatable bonds is 5. The maximum atomic E-state index is 12.8. The predicted octanol–water partition coefficient (Wildman–Crippen LogP) is 3.10. The van der Waals surface area contributed by atoms with Crippen LogP contribution in [0.2, 0.25) is 0 Å². The van der Waals surface area contributed by atoms with Gasteiger partial charge in [0.2, 0.25) is 6.04 Å². The van der Waals surface area contributed by atoms with E-state index < -0.39 is 35.3 Å². The number of ketones is 1. The average molecular weight is 275 g/mol. The van der Waals surface area contributed by atoms with Crippen LogP contribution in [-0.2, 0) is 0 Å². The summed E-state index contributed by atoms with van der Waals surface area (Å²) < 4.78 is 38.3. The normalized spacial score (nSPS) is 14.7. The maximum Gasteiger partial charge on any atom is 0.398 e. The second-order valence-corrected chi connectivity index (χ2v) is 4.17. The summed E-state index contributed by atoms with van der Waals surface area (Å²) in [7, 11) is 0. The van der Waals surface area contributed by atoms with Gasteiger partial charge in [-0.15, -0.1) is 0 Å². The molecule has 0 aliphatic heterocycles. The fraction of sp³-hybridized carbons (Fsp3) is 0.417. The highest BCUT2D eigenvalue weighted by Gasteiger charge is 2.49. The zero-order valence-electron chi connectivity index (χ0n) is 10.1. The number of Topliss-reactive ketones (excluding diaryl/α,β-unsaturated/α-hetero) is 1. The summed E-state index contributed by atoms with van der Waals surface area (Å²) in [6, 6.07) is 5.57. The van der Waals surface area contributed by atoms with Gasteiger partial charge < -0.3 is 0 Å². The van der Waals surface area contributed by atoms with Gasteiger partial charge in [-0.2, -0.15) is 13.2 Å². The minimum Gasteiger partial charge on any atom is -0.294 e. The number of nitrogens with zero attached hydrogens (tertiary/aromatic N) is 1. The van der Waals surface area contributed by atoms with E-state index in [1.54, 1.807) is 6.07 Å². The Balaban J connectivity index is 2.91. The smallest absolute Gasteiger partial charge is 0.294 e. The van der Waals surface area contributed by atoms with Gasteiger partial charge in [-0.25, -0.2) is 0 Å². The summed E-state index contributed by atoms with van der Waals surface area (Å²) in [5.74, 6) is -3.04. The van der Waals surface area contributed by atoms with Gasteiger partial charge in [-0.05, 0) is 0 Å². The molecule has 1 aromatic rings. The molecule has 19 heavy (non-hydrogen) atoms. The first-order chi connectivity index (χ1) is 8.73. The summed E-state index contributed by atoms with van der Waals surface area (Å²) in [5, 5.41) is 10.5. The fourth-order valence-corrected chi connectivity index (χ4v) is 1.65. The Bertz CT molecular complexity index is 459. The van der Waals surface area contributed by atoms with Crippen molar-refractivity contribution in [2.45, 2.75) is 25.6 Å². The topological polar surface area (TPSA) is 60.2 Å². The molecule has 0 saturated carbocycles. The predicted molar refractivity (Wildman–Crippen MR) is 61.4 cm³/mol. The van der Waals surface area contributed by atoms with Gasteiger partial charge in [-0.1, -0.05) is 30.3 Å². The van der Waals surface area contributed by atoms with Crippen LogP contribution in [0.4, 0.5) is 13.2 Å². The molecule has 7 heteroatoms. The van der Waals surface area contributed by atoms with E-state index in [1.165, 1.54) is 24.3 Å². The van der Waals surface area contributed by atoms with Crippen molar-refractivity contribution >= 4 is 5.78 Å². The first-order valence-electron chi connectivity index (χ1n) is 5.52. The Hall–Kier alpha value is -1.92. The third kappa shape index (κ3) is 4.04. The van der Waals surface area contributed by atoms with Crippen LogP contribution in [0.3, 0.4) is 0 Å². The molecule has 0 amide bonds. The number of carbonyl (C=O) groups is 1. The summed E-state index contributed by atoms with van der Waals surface area (Å²) >= 11 is 0. The minimum absolute atomic E-state index is 0.118. The van der Waals surface area contributed by atoms with Gasteiger partial charge in [-0.3, -0.25) is 14.9 Å². The number of nitro groups is 1. The van der Waals surface area contributed by atoms with Gasteiger partial charge in [0, 0.05) is 23.8 Å². The number of hydrogen-bond acceptors (Lipinski definition) is 3. The van der Waals surface area contributed by atoms with E-state index >= 15 is 0 Å². The highest BCUT2D eigenvalue weighted by molar-refractivity contribution is 5.96. The lowest BCUT2D eigenvalue weighted by atomic mass is 9.92. The van der Waals surface area contributed by atoms with E-state index in [0.29, 0.717) is 0 Å². The van der Waals surface area contributed by atoms with Gasteiger partial charge >= 0.3 is 6.18 Å². The molecule has 0 aromatic heterocycles. The molecule has 4 nitrogen and oxygen atoms in total. The average Bonchev–Trinajstić information content (AvgIpc) is 2.34. The lowest BCUT2D eigenvalue weighted by molar-refractivity contribution is -0.536. The first-order valence-corrected chi connectivity index (χ1v) is 5.52. The molecule has 1 aromatic carbocycles. The Morgan fingerprint density at radius 2 is 1.84 bits per heavy atom. The van der Waals surface area contributed by atoms with Crippen molar-refractivity contribution in [2.75, 3.05) is 0 Å². The second-order valence-electron chi connectivity index (χ2n) is 4.17. The number of hydrogen-bond donors (Lipinski definition) is 0. The van der Waals surface area contributed by atoms with Crippen LogP contribution in [-0.4, -0.2) is 22.9 Å². The van der Waals surface area contributed by atoms with E-state index in [-0.39, 0.29) is 5.56 Å². The number of benzene rings is 1. The van der Waals surface area contributed by atoms with E-state index in [1.807, 2.05) is 0 Å². The summed E-state index contributed by atoms with van der Waals surface area (Å²) in [6.07, 6.45) is -5.70. The van der Waals surface area contributed by atoms with Gasteiger partial charge in [0.25, 0.3) is 0 Å². The van der Waals surface area contributed by atoms with Gasteiger partial charge in [0.1, 0.15) is 5.92 Å². The largest absolute Gasteiger partial charge is 0.398 e. The zero-order chi connectivity index (χ0) is 14.6. The number of alkyl halides is 3. The molecule has 0 heterocycles. The van der Waals surface area contributed by atoms with E-state index in [4.69, 9.17) is 0 Å². The molecule has 104 valence electrons. The molecule has 0 fully saturated rings. The highest BCUT2D eigenvalue weighted by Crippen LogP contribution is 2.33. The number of halogens is 3. The summed E-state index contributed by atoms with van der Waals surface area (Å²) in [5.41, 5.74) is 0.118. The van der Waals surface area contributed by atoms with Crippen molar-refractivity contribution in [3.8, 4) is 0 Å². The molecule has 0 radical (unpaired) electrons. The summed E-state index contributed by atoms with van der Waals surface area (Å²) in [6.45, 7) is 0.858. The second kappa shape index (κ2) is 5.81. The van der Waals surface area contributed by atoms with Crippen LogP contribution < -0.4 is 0 Å². The molecule has 0 spiro atoms. The van der Waals surface area contributed by atoms with Crippen molar-refractivity contribution in [1.82, 2.24) is 0 Å². The fourth-order valence-electron chi connectivity index (χ4n) is 1.65. The Kier molecular flexibility index (Phi) is 4.63. The molecular weight excluding hydrogens is 263 g/mol. The van der Waals surface area contributed by atoms with Crippen LogP contribution >= 0.6 is 0 Å². The Morgan fingerprint density at radius 3 is 2.26 bits per heavy atom. The van der Waals surface area contributed by atoms with Crippen LogP contribution in [0.5, 0.6) is 0 Å². The van der Waals surface area contributed by atoms with Gasteiger partial charge in [0.05, 0.1) is 0 Å². The zero-order valence-corrected chi connectivity index (χ0v) is 10.1. The monoisotopic (exact) mass is 275 g/mol. The number of carbonyl (C=O) groups excluding carboxylic acids is 1. The first kappa shape index (κ1) is 15.1. The van der Waals surface area contributed by atoms with Crippen LogP contribution in [0.25, 0.3) is 0 Å². The maximum absolute atomic E-state index is 12.8. The van der Waals surface area contributed by atoms with Crippen LogP contribution in [0, 0.1) is 16.0 Å². The molecule has 2 atom stereocenters. The molecule has 0 aliphatic rings. The minimum atomic E-state index is -4.78. The molecule has 0 N–H and O–H groups in total. The third-order valence-corrected chi connectivity index (χ3v) is 2.84. The molecule has 2 unspecified atom stereocenters. The van der Waals surface area contributed by atoms with Crippen molar-refractivity contribution in [3.05, 3.63) is 46.0 Å². The lowest BCUT2D eigenvalue weighted by Crippen LogP contribution is -2.38. The third-order valence-electron chi connectivity index (χ3n) is 2.84. The quantitative estimate of drug-likeness (QED) is 0.471. The van der Waals surface area contributed by atoms with E-state index in [0.717, 1.165) is 6.92 Å². The van der Waals surface area contributed by atoms with E-state index in [9.17, 15) is 28.1 Å². The van der Waals surface area contributed by atoms with E-state index in [2.05, 4.69) is 0 Å². The van der Waals surface area contributed by atoms with Crippen molar-refractivity contribution in [2.24, 2.45) is 5.92 Å². The molecule has 0 saturated heterocycles. The highest BCUT2D eigenvalue weighted by atomic mass is 19.4. The molecule has 1 rings (SSSR count).